The highest BCUT2D eigenvalue weighted by molar-refractivity contribution is 6.98. The predicted molar refractivity (Wildman–Crippen MR) is 152 cm³/mol. The van der Waals surface area contributed by atoms with Gasteiger partial charge in [-0.3, -0.25) is 0 Å². The molecule has 0 saturated heterocycles. The molecule has 3 N–H and O–H groups in total. The molecule has 0 saturated carbocycles. The van der Waals surface area contributed by atoms with Crippen LogP contribution in [0.4, 0.5) is 4.39 Å². The number of aromatic amines is 1. The quantitative estimate of drug-likeness (QED) is 0.229. The van der Waals surface area contributed by atoms with E-state index in [1.165, 1.54) is 10.9 Å². The van der Waals surface area contributed by atoms with Gasteiger partial charge in [0.2, 0.25) is 0 Å². The molecule has 1 unspecified atom stereocenters. The highest BCUT2D eigenvalue weighted by Crippen LogP contribution is 2.41. The van der Waals surface area contributed by atoms with Crippen molar-refractivity contribution in [1.82, 2.24) is 10.3 Å². The SMILES string of the molecule is C[C@H](Cc1c[nH]c2ccccc12)NCC(C)(F)CCC(C)(C)[Si](O)(c1ccccc1)c1ccccc1. The van der Waals surface area contributed by atoms with Gasteiger partial charge in [0.05, 0.1) is 0 Å². The largest absolute Gasteiger partial charge is 0.424 e. The molecule has 1 aromatic heterocycles. The van der Waals surface area contributed by atoms with Crippen molar-refractivity contribution in [3.05, 3.63) is 96.7 Å². The Balaban J connectivity index is 1.42. The normalized spacial score (nSPS) is 15.1. The van der Waals surface area contributed by atoms with E-state index in [0.717, 1.165) is 22.3 Å². The lowest BCUT2D eigenvalue weighted by atomic mass is 9.95. The van der Waals surface area contributed by atoms with Gasteiger partial charge >= 0.3 is 0 Å². The summed E-state index contributed by atoms with van der Waals surface area (Å²) in [5, 5.41) is 6.12. The van der Waals surface area contributed by atoms with E-state index in [0.29, 0.717) is 12.8 Å². The third-order valence-electron chi connectivity index (χ3n) is 7.65. The van der Waals surface area contributed by atoms with Crippen molar-refractivity contribution in [1.29, 1.82) is 0 Å². The fraction of sp³-hybridized carbons (Fsp3) is 0.355. The third kappa shape index (κ3) is 5.64. The van der Waals surface area contributed by atoms with Crippen LogP contribution in [0.15, 0.2) is 91.1 Å². The fourth-order valence-corrected chi connectivity index (χ4v) is 8.97. The first-order valence-corrected chi connectivity index (χ1v) is 14.9. The first-order valence-electron chi connectivity index (χ1n) is 12.9. The minimum Gasteiger partial charge on any atom is -0.424 e. The van der Waals surface area contributed by atoms with Gasteiger partial charge in [-0.2, -0.15) is 0 Å². The van der Waals surface area contributed by atoms with E-state index in [2.05, 4.69) is 49.4 Å². The Hall–Kier alpha value is -2.73. The summed E-state index contributed by atoms with van der Waals surface area (Å²) < 4.78 is 15.8. The highest BCUT2D eigenvalue weighted by Gasteiger charge is 2.50. The maximum absolute atomic E-state index is 15.8. The van der Waals surface area contributed by atoms with Crippen molar-refractivity contribution in [2.75, 3.05) is 6.54 Å². The van der Waals surface area contributed by atoms with Gasteiger partial charge in [-0.25, -0.2) is 4.39 Å². The Morgan fingerprint density at radius 2 is 1.42 bits per heavy atom. The van der Waals surface area contributed by atoms with Crippen LogP contribution in [0.1, 0.15) is 46.1 Å². The van der Waals surface area contributed by atoms with E-state index in [1.807, 2.05) is 72.8 Å². The average Bonchev–Trinajstić information content (AvgIpc) is 3.29. The molecule has 0 spiro atoms. The number of alkyl halides is 1. The second-order valence-corrected chi connectivity index (χ2v) is 15.0. The zero-order valence-corrected chi connectivity index (χ0v) is 22.9. The van der Waals surface area contributed by atoms with Crippen molar-refractivity contribution < 1.29 is 9.19 Å². The van der Waals surface area contributed by atoms with Crippen LogP contribution in [-0.2, 0) is 6.42 Å². The Bertz CT molecular complexity index is 1210. The lowest BCUT2D eigenvalue weighted by Crippen LogP contribution is -2.65. The van der Waals surface area contributed by atoms with Gasteiger partial charge < -0.3 is 15.1 Å². The molecule has 0 aliphatic carbocycles. The van der Waals surface area contributed by atoms with Gasteiger partial charge in [-0.15, -0.1) is 0 Å². The van der Waals surface area contributed by atoms with Crippen molar-refractivity contribution in [3.8, 4) is 0 Å². The average molecular weight is 503 g/mol. The van der Waals surface area contributed by atoms with Crippen LogP contribution >= 0.6 is 0 Å². The van der Waals surface area contributed by atoms with Crippen LogP contribution in [0, 0.1) is 0 Å². The number of rotatable bonds is 11. The smallest absolute Gasteiger partial charge is 0.258 e. The Labute approximate surface area is 215 Å². The van der Waals surface area contributed by atoms with Crippen molar-refractivity contribution in [2.45, 2.75) is 63.7 Å². The van der Waals surface area contributed by atoms with E-state index < -0.39 is 19.0 Å². The maximum atomic E-state index is 15.8. The van der Waals surface area contributed by atoms with Gasteiger partial charge in [0, 0.05) is 29.7 Å². The molecule has 0 radical (unpaired) electrons. The van der Waals surface area contributed by atoms with Gasteiger partial charge in [-0.05, 0) is 60.2 Å². The number of H-pyrrole nitrogens is 1. The monoisotopic (exact) mass is 502 g/mol. The molecular formula is C31H39FN2OSi. The highest BCUT2D eigenvalue weighted by atomic mass is 28.4. The minimum atomic E-state index is -3.13. The molecule has 3 aromatic carbocycles. The molecule has 4 aromatic rings. The number of hydrogen-bond donors (Lipinski definition) is 3. The molecule has 4 rings (SSSR count). The van der Waals surface area contributed by atoms with Crippen molar-refractivity contribution in [3.63, 3.8) is 0 Å². The third-order valence-corrected chi connectivity index (χ3v) is 12.2. The molecular weight excluding hydrogens is 463 g/mol. The molecule has 1 heterocycles. The van der Waals surface area contributed by atoms with E-state index >= 15 is 4.39 Å². The van der Waals surface area contributed by atoms with Crippen molar-refractivity contribution >= 4 is 29.6 Å². The van der Waals surface area contributed by atoms with E-state index in [4.69, 9.17) is 0 Å². The number of fused-ring (bicyclic) bond motifs is 1. The standard InChI is InChI=1S/C31H39FN2OSi/c1-24(21-25-22-33-29-18-12-11-17-28(25)29)34-23-31(4,32)20-19-30(2,3)36(35,26-13-7-5-8-14-26)27-15-9-6-10-16-27/h5-18,22,24,33-35H,19-21,23H2,1-4H3/t24-,31?/m1/s1. The van der Waals surface area contributed by atoms with Crippen LogP contribution in [0.25, 0.3) is 10.9 Å². The van der Waals surface area contributed by atoms with Gasteiger partial charge in [0.25, 0.3) is 8.32 Å². The first-order chi connectivity index (χ1) is 17.1. The molecule has 2 atom stereocenters. The van der Waals surface area contributed by atoms with Crippen LogP contribution in [0.5, 0.6) is 0 Å². The second kappa shape index (κ2) is 10.7. The number of benzene rings is 3. The number of aromatic nitrogens is 1. The van der Waals surface area contributed by atoms with Crippen LogP contribution in [-0.4, -0.2) is 36.4 Å². The Morgan fingerprint density at radius 1 is 0.861 bits per heavy atom. The van der Waals surface area contributed by atoms with Crippen LogP contribution < -0.4 is 15.7 Å². The Morgan fingerprint density at radius 3 is 2.03 bits per heavy atom. The van der Waals surface area contributed by atoms with Crippen molar-refractivity contribution in [2.24, 2.45) is 0 Å². The summed E-state index contributed by atoms with van der Waals surface area (Å²) in [6.45, 7) is 8.27. The number of para-hydroxylation sites is 1. The molecule has 5 heteroatoms. The first kappa shape index (κ1) is 26.3. The van der Waals surface area contributed by atoms with E-state index in [9.17, 15) is 4.80 Å². The van der Waals surface area contributed by atoms with Crippen LogP contribution in [0.3, 0.4) is 0 Å². The topological polar surface area (TPSA) is 48.0 Å². The summed E-state index contributed by atoms with van der Waals surface area (Å²) in [5.74, 6) is 0. The van der Waals surface area contributed by atoms with Gasteiger partial charge in [-0.1, -0.05) is 92.7 Å². The number of hydrogen-bond acceptors (Lipinski definition) is 2. The summed E-state index contributed by atoms with van der Waals surface area (Å²) in [4.78, 5) is 15.6. The molecule has 190 valence electrons. The summed E-state index contributed by atoms with van der Waals surface area (Å²) in [6, 6.07) is 28.3. The van der Waals surface area contributed by atoms with Crippen LogP contribution in [0.2, 0.25) is 5.04 Å². The zero-order valence-electron chi connectivity index (χ0n) is 21.9. The lowest BCUT2D eigenvalue weighted by molar-refractivity contribution is 0.155. The fourth-order valence-electron chi connectivity index (χ4n) is 5.24. The molecule has 36 heavy (non-hydrogen) atoms. The molecule has 0 aliphatic heterocycles. The molecule has 0 amide bonds. The number of halogens is 1. The summed E-state index contributed by atoms with van der Waals surface area (Å²) >= 11 is 0. The molecule has 3 nitrogen and oxygen atoms in total. The summed E-state index contributed by atoms with van der Waals surface area (Å²) in [6.07, 6.45) is 3.85. The van der Waals surface area contributed by atoms with Gasteiger partial charge in [0.15, 0.2) is 0 Å². The summed E-state index contributed by atoms with van der Waals surface area (Å²) in [5.41, 5.74) is 0.994. The number of nitrogens with one attached hydrogen (secondary N) is 2. The maximum Gasteiger partial charge on any atom is 0.258 e. The molecule has 0 aliphatic rings. The van der Waals surface area contributed by atoms with Gasteiger partial charge in [0.1, 0.15) is 5.67 Å². The van der Waals surface area contributed by atoms with E-state index in [1.54, 1.807) is 6.92 Å². The van der Waals surface area contributed by atoms with E-state index in [-0.39, 0.29) is 12.6 Å². The zero-order chi connectivity index (χ0) is 25.8. The minimum absolute atomic E-state index is 0.146. The molecule has 0 bridgehead atoms. The molecule has 0 fully saturated rings. The summed E-state index contributed by atoms with van der Waals surface area (Å²) in [7, 11) is -3.13. The lowest BCUT2D eigenvalue weighted by Gasteiger charge is -2.42. The second-order valence-electron chi connectivity index (χ2n) is 11.1. The Kier molecular flexibility index (Phi) is 7.84. The predicted octanol–water partition coefficient (Wildman–Crippen LogP) is 5.73.